The van der Waals surface area contributed by atoms with Crippen LogP contribution in [0.5, 0.6) is 0 Å². The van der Waals surface area contributed by atoms with Crippen molar-refractivity contribution >= 4 is 10.9 Å². The molecule has 0 saturated heterocycles. The van der Waals surface area contributed by atoms with Gasteiger partial charge in [-0.2, -0.15) is 0 Å². The Bertz CT molecular complexity index is 448. The van der Waals surface area contributed by atoms with Gasteiger partial charge in [-0.05, 0) is 36.2 Å². The molecule has 15 heavy (non-hydrogen) atoms. The zero-order valence-corrected chi connectivity index (χ0v) is 9.16. The second kappa shape index (κ2) is 4.47. The molecule has 0 amide bonds. The summed E-state index contributed by atoms with van der Waals surface area (Å²) in [6, 6.07) is 8.61. The van der Waals surface area contributed by atoms with Gasteiger partial charge in [-0.25, -0.2) is 0 Å². The fourth-order valence-electron chi connectivity index (χ4n) is 1.82. The Balaban J connectivity index is 2.38. The molecule has 2 rings (SSSR count). The molecule has 3 heteroatoms. The fraction of sp³-hybridized carbons (Fsp3) is 0.333. The summed E-state index contributed by atoms with van der Waals surface area (Å²) in [5, 5.41) is 4.41. The molecule has 0 radical (unpaired) electrons. The van der Waals surface area contributed by atoms with E-state index in [0.29, 0.717) is 6.73 Å². The van der Waals surface area contributed by atoms with Gasteiger partial charge in [-0.15, -0.1) is 0 Å². The van der Waals surface area contributed by atoms with Crippen LogP contribution in [-0.2, 0) is 18.0 Å². The minimum atomic E-state index is 0.606. The number of nitrogens with one attached hydrogen (secondary N) is 1. The molecule has 1 heterocycles. The predicted octanol–water partition coefficient (Wildman–Crippen LogP) is 1.96. The average molecular weight is 204 g/mol. The minimum absolute atomic E-state index is 0.606. The molecule has 0 aliphatic heterocycles. The van der Waals surface area contributed by atoms with Crippen LogP contribution in [-0.4, -0.2) is 18.7 Å². The molecule has 0 aliphatic carbocycles. The Morgan fingerprint density at radius 2 is 2.20 bits per heavy atom. The maximum absolute atomic E-state index is 5.12. The Morgan fingerprint density at radius 3 is 2.93 bits per heavy atom. The van der Waals surface area contributed by atoms with E-state index in [1.807, 2.05) is 7.05 Å². The lowest BCUT2D eigenvalue weighted by Crippen LogP contribution is -2.04. The molecule has 0 spiro atoms. The van der Waals surface area contributed by atoms with Crippen LogP contribution in [0, 0.1) is 0 Å². The van der Waals surface area contributed by atoms with E-state index in [9.17, 15) is 0 Å². The van der Waals surface area contributed by atoms with E-state index >= 15 is 0 Å². The topological polar surface area (TPSA) is 26.2 Å². The number of fused-ring (bicyclic) bond motifs is 1. The van der Waals surface area contributed by atoms with Crippen molar-refractivity contribution in [2.45, 2.75) is 13.3 Å². The van der Waals surface area contributed by atoms with Gasteiger partial charge >= 0.3 is 0 Å². The highest BCUT2D eigenvalue weighted by molar-refractivity contribution is 5.80. The third-order valence-electron chi connectivity index (χ3n) is 2.48. The first-order valence-corrected chi connectivity index (χ1v) is 5.06. The largest absolute Gasteiger partial charge is 0.364 e. The van der Waals surface area contributed by atoms with Crippen molar-refractivity contribution in [3.63, 3.8) is 0 Å². The number of methoxy groups -OCH3 is 1. The smallest absolute Gasteiger partial charge is 0.122 e. The number of aromatic nitrogens is 1. The molecule has 1 aromatic heterocycles. The molecule has 3 nitrogen and oxygen atoms in total. The van der Waals surface area contributed by atoms with E-state index in [1.54, 1.807) is 7.11 Å². The summed E-state index contributed by atoms with van der Waals surface area (Å²) >= 11 is 0. The lowest BCUT2D eigenvalue weighted by atomic mass is 10.1. The van der Waals surface area contributed by atoms with E-state index in [2.05, 4.69) is 40.3 Å². The van der Waals surface area contributed by atoms with Gasteiger partial charge in [0.25, 0.3) is 0 Å². The molecule has 0 unspecified atom stereocenters. The summed E-state index contributed by atoms with van der Waals surface area (Å²) in [5.41, 5.74) is 2.52. The first-order chi connectivity index (χ1) is 7.35. The van der Waals surface area contributed by atoms with Crippen LogP contribution in [0.4, 0.5) is 0 Å². The maximum atomic E-state index is 5.12. The Hall–Kier alpha value is -1.32. The van der Waals surface area contributed by atoms with E-state index in [4.69, 9.17) is 4.74 Å². The van der Waals surface area contributed by atoms with Gasteiger partial charge in [0.15, 0.2) is 0 Å². The van der Waals surface area contributed by atoms with Crippen LogP contribution in [0.25, 0.3) is 10.9 Å². The highest BCUT2D eigenvalue weighted by Gasteiger charge is 2.01. The minimum Gasteiger partial charge on any atom is -0.364 e. The van der Waals surface area contributed by atoms with Gasteiger partial charge in [0.05, 0.1) is 0 Å². The fourth-order valence-corrected chi connectivity index (χ4v) is 1.82. The summed E-state index contributed by atoms with van der Waals surface area (Å²) in [7, 11) is 3.67. The third kappa shape index (κ3) is 2.03. The molecule has 1 aromatic carbocycles. The van der Waals surface area contributed by atoms with Crippen molar-refractivity contribution in [2.75, 3.05) is 14.2 Å². The molecular weight excluding hydrogens is 188 g/mol. The third-order valence-corrected chi connectivity index (χ3v) is 2.48. The molecule has 80 valence electrons. The van der Waals surface area contributed by atoms with Gasteiger partial charge in [0, 0.05) is 25.4 Å². The molecule has 0 bridgehead atoms. The van der Waals surface area contributed by atoms with Gasteiger partial charge in [-0.3, -0.25) is 0 Å². The zero-order chi connectivity index (χ0) is 10.7. The van der Waals surface area contributed by atoms with Crippen molar-refractivity contribution in [1.82, 2.24) is 9.88 Å². The van der Waals surface area contributed by atoms with Crippen molar-refractivity contribution in [2.24, 2.45) is 0 Å². The summed E-state index contributed by atoms with van der Waals surface area (Å²) in [5.74, 6) is 0. The summed E-state index contributed by atoms with van der Waals surface area (Å²) in [6.45, 7) is 1.51. The molecular formula is C12H16N2O. The van der Waals surface area contributed by atoms with Crippen molar-refractivity contribution in [3.8, 4) is 0 Å². The van der Waals surface area contributed by atoms with Gasteiger partial charge in [0.1, 0.15) is 6.73 Å². The summed E-state index contributed by atoms with van der Waals surface area (Å²) in [6.07, 6.45) is 2.05. The van der Waals surface area contributed by atoms with Crippen LogP contribution < -0.4 is 5.32 Å². The molecule has 0 saturated carbocycles. The monoisotopic (exact) mass is 204 g/mol. The van der Waals surface area contributed by atoms with Gasteiger partial charge < -0.3 is 14.6 Å². The SMILES string of the molecule is CNCc1ccc2c(ccn2COC)c1. The summed E-state index contributed by atoms with van der Waals surface area (Å²) in [4.78, 5) is 0. The number of rotatable bonds is 4. The predicted molar refractivity (Wildman–Crippen MR) is 61.7 cm³/mol. The molecule has 0 atom stereocenters. The molecule has 0 aliphatic rings. The van der Waals surface area contributed by atoms with Crippen LogP contribution in [0.2, 0.25) is 0 Å². The van der Waals surface area contributed by atoms with E-state index in [-0.39, 0.29) is 0 Å². The maximum Gasteiger partial charge on any atom is 0.122 e. The number of hydrogen-bond acceptors (Lipinski definition) is 2. The molecule has 1 N–H and O–H groups in total. The Morgan fingerprint density at radius 1 is 1.33 bits per heavy atom. The van der Waals surface area contributed by atoms with E-state index in [0.717, 1.165) is 6.54 Å². The van der Waals surface area contributed by atoms with E-state index < -0.39 is 0 Å². The van der Waals surface area contributed by atoms with Crippen LogP contribution in [0.15, 0.2) is 30.5 Å². The van der Waals surface area contributed by atoms with Crippen molar-refractivity contribution < 1.29 is 4.74 Å². The second-order valence-corrected chi connectivity index (χ2v) is 3.63. The van der Waals surface area contributed by atoms with Crippen LogP contribution in [0.1, 0.15) is 5.56 Å². The first-order valence-electron chi connectivity index (χ1n) is 5.06. The lowest BCUT2D eigenvalue weighted by Gasteiger charge is -2.04. The standard InChI is InChI=1S/C12H16N2O/c1-13-8-10-3-4-12-11(7-10)5-6-14(12)9-15-2/h3-7,13H,8-9H2,1-2H3. The first kappa shape index (κ1) is 10.2. The van der Waals surface area contributed by atoms with E-state index in [1.165, 1.54) is 16.5 Å². The van der Waals surface area contributed by atoms with Crippen molar-refractivity contribution in [3.05, 3.63) is 36.0 Å². The Kier molecular flexibility index (Phi) is 3.04. The molecule has 2 aromatic rings. The molecule has 0 fully saturated rings. The second-order valence-electron chi connectivity index (χ2n) is 3.63. The average Bonchev–Trinajstić information content (AvgIpc) is 2.62. The number of nitrogens with zero attached hydrogens (tertiary/aromatic N) is 1. The highest BCUT2D eigenvalue weighted by Crippen LogP contribution is 2.17. The number of ether oxygens (including phenoxy) is 1. The Labute approximate surface area is 89.7 Å². The number of hydrogen-bond donors (Lipinski definition) is 1. The summed E-state index contributed by atoms with van der Waals surface area (Å²) < 4.78 is 7.22. The van der Waals surface area contributed by atoms with Crippen molar-refractivity contribution in [1.29, 1.82) is 0 Å². The van der Waals surface area contributed by atoms with Gasteiger partial charge in [0.2, 0.25) is 0 Å². The quantitative estimate of drug-likeness (QED) is 0.824. The normalized spacial score (nSPS) is 11.1. The highest BCUT2D eigenvalue weighted by atomic mass is 16.5. The number of benzene rings is 1. The zero-order valence-electron chi connectivity index (χ0n) is 9.16. The van der Waals surface area contributed by atoms with Gasteiger partial charge in [-0.1, -0.05) is 6.07 Å². The lowest BCUT2D eigenvalue weighted by molar-refractivity contribution is 0.135. The van der Waals surface area contributed by atoms with Crippen LogP contribution >= 0.6 is 0 Å². The van der Waals surface area contributed by atoms with Crippen LogP contribution in [0.3, 0.4) is 0 Å².